The first-order valence-corrected chi connectivity index (χ1v) is 9.69. The van der Waals surface area contributed by atoms with E-state index in [0.29, 0.717) is 35.6 Å². The summed E-state index contributed by atoms with van der Waals surface area (Å²) in [6, 6.07) is 12.1. The van der Waals surface area contributed by atoms with Gasteiger partial charge in [-0.15, -0.1) is 0 Å². The zero-order valence-corrected chi connectivity index (χ0v) is 17.3. The Labute approximate surface area is 179 Å². The van der Waals surface area contributed by atoms with E-state index < -0.39 is 6.03 Å². The van der Waals surface area contributed by atoms with Crippen molar-refractivity contribution in [2.75, 3.05) is 13.7 Å². The minimum atomic E-state index is -0.442. The summed E-state index contributed by atoms with van der Waals surface area (Å²) in [6.07, 6.45) is 2.21. The molecule has 0 aliphatic carbocycles. The highest BCUT2D eigenvalue weighted by atomic mass is 35.5. The van der Waals surface area contributed by atoms with Crippen molar-refractivity contribution in [2.24, 2.45) is 0 Å². The monoisotopic (exact) mass is 425 g/mol. The van der Waals surface area contributed by atoms with Crippen molar-refractivity contribution in [1.82, 2.24) is 10.2 Å². The second kappa shape index (κ2) is 9.33. The number of ether oxygens (including phenoxy) is 2. The fourth-order valence-electron chi connectivity index (χ4n) is 3.03. The number of nitriles is 1. The number of nitrogens with one attached hydrogen (secondary N) is 1. The van der Waals surface area contributed by atoms with Crippen LogP contribution in [-0.2, 0) is 11.4 Å². The quantitative estimate of drug-likeness (QED) is 0.532. The van der Waals surface area contributed by atoms with Crippen molar-refractivity contribution in [3.8, 4) is 17.6 Å². The molecule has 8 heteroatoms. The maximum absolute atomic E-state index is 12.4. The Morgan fingerprint density at radius 1 is 1.27 bits per heavy atom. The van der Waals surface area contributed by atoms with E-state index in [1.807, 2.05) is 13.0 Å². The lowest BCUT2D eigenvalue weighted by Gasteiger charge is -2.14. The molecule has 0 aromatic heterocycles. The third kappa shape index (κ3) is 4.39. The predicted octanol–water partition coefficient (Wildman–Crippen LogP) is 4.10. The lowest BCUT2D eigenvalue weighted by Crippen LogP contribution is -2.31. The summed E-state index contributed by atoms with van der Waals surface area (Å²) >= 11 is 6.40. The number of hydrogen-bond acceptors (Lipinski definition) is 5. The summed E-state index contributed by atoms with van der Waals surface area (Å²) in [5, 5.41) is 12.1. The van der Waals surface area contributed by atoms with Crippen LogP contribution in [0.2, 0.25) is 5.02 Å². The second-order valence-electron chi connectivity index (χ2n) is 6.54. The van der Waals surface area contributed by atoms with Gasteiger partial charge in [0.25, 0.3) is 5.91 Å². The molecule has 1 fully saturated rings. The van der Waals surface area contributed by atoms with Gasteiger partial charge < -0.3 is 14.8 Å². The van der Waals surface area contributed by atoms with Crippen molar-refractivity contribution < 1.29 is 19.1 Å². The molecule has 30 heavy (non-hydrogen) atoms. The van der Waals surface area contributed by atoms with Crippen LogP contribution < -0.4 is 14.8 Å². The van der Waals surface area contributed by atoms with E-state index in [1.54, 1.807) is 36.4 Å². The predicted molar refractivity (Wildman–Crippen MR) is 112 cm³/mol. The van der Waals surface area contributed by atoms with Crippen LogP contribution in [0, 0.1) is 11.3 Å². The molecule has 7 nitrogen and oxygen atoms in total. The molecule has 3 amide bonds. The Morgan fingerprint density at radius 2 is 2.03 bits per heavy atom. The number of imide groups is 1. The van der Waals surface area contributed by atoms with E-state index >= 15 is 0 Å². The van der Waals surface area contributed by atoms with Gasteiger partial charge in [0.15, 0.2) is 11.5 Å². The molecule has 0 radical (unpaired) electrons. The van der Waals surface area contributed by atoms with Gasteiger partial charge in [0.1, 0.15) is 12.3 Å². The van der Waals surface area contributed by atoms with Gasteiger partial charge in [-0.25, -0.2) is 4.79 Å². The number of nitrogens with zero attached hydrogens (tertiary/aromatic N) is 2. The van der Waals surface area contributed by atoms with E-state index in [9.17, 15) is 14.9 Å². The molecule has 1 saturated heterocycles. The number of amides is 3. The molecule has 0 unspecified atom stereocenters. The second-order valence-corrected chi connectivity index (χ2v) is 6.94. The van der Waals surface area contributed by atoms with Crippen LogP contribution >= 0.6 is 11.6 Å². The zero-order chi connectivity index (χ0) is 21.7. The average molecular weight is 426 g/mol. The van der Waals surface area contributed by atoms with Gasteiger partial charge in [0, 0.05) is 12.1 Å². The SMILES string of the molecule is CCCN1C(=O)N/C(=C/c2cc(Cl)c(OCc3ccccc3C#N)c(OC)c2)C1=O. The Hall–Kier alpha value is -3.50. The number of halogens is 1. The molecular formula is C22H20ClN3O4. The average Bonchev–Trinajstić information content (AvgIpc) is 3.00. The van der Waals surface area contributed by atoms with Crippen molar-refractivity contribution in [1.29, 1.82) is 5.26 Å². The maximum atomic E-state index is 12.4. The third-order valence-electron chi connectivity index (χ3n) is 4.48. The van der Waals surface area contributed by atoms with Crippen molar-refractivity contribution in [2.45, 2.75) is 20.0 Å². The zero-order valence-electron chi connectivity index (χ0n) is 16.6. The maximum Gasteiger partial charge on any atom is 0.329 e. The van der Waals surface area contributed by atoms with Crippen LogP contribution in [0.15, 0.2) is 42.1 Å². The highest BCUT2D eigenvalue weighted by Gasteiger charge is 2.32. The molecule has 0 saturated carbocycles. The van der Waals surface area contributed by atoms with Gasteiger partial charge >= 0.3 is 6.03 Å². The number of methoxy groups -OCH3 is 1. The summed E-state index contributed by atoms with van der Waals surface area (Å²) in [4.78, 5) is 25.5. The Kier molecular flexibility index (Phi) is 6.60. The van der Waals surface area contributed by atoms with Gasteiger partial charge in [-0.2, -0.15) is 5.26 Å². The van der Waals surface area contributed by atoms with E-state index in [0.717, 1.165) is 10.5 Å². The summed E-state index contributed by atoms with van der Waals surface area (Å²) in [5.74, 6) is 0.305. The fraction of sp³-hybridized carbons (Fsp3) is 0.227. The summed E-state index contributed by atoms with van der Waals surface area (Å²) < 4.78 is 11.2. The minimum absolute atomic E-state index is 0.140. The first-order valence-electron chi connectivity index (χ1n) is 9.31. The molecule has 1 N–H and O–H groups in total. The number of carbonyl (C=O) groups excluding carboxylic acids is 2. The molecule has 1 heterocycles. The van der Waals surface area contributed by atoms with Gasteiger partial charge in [0.05, 0.1) is 23.8 Å². The van der Waals surface area contributed by atoms with Crippen molar-refractivity contribution in [3.63, 3.8) is 0 Å². The highest BCUT2D eigenvalue weighted by molar-refractivity contribution is 6.32. The standard InChI is InChI=1S/C22H20ClN3O4/c1-3-8-26-21(27)18(25-22(26)28)10-14-9-17(23)20(19(11-14)29-2)30-13-16-7-5-4-6-15(16)12-24/h4-7,9-11H,3,8,13H2,1-2H3,(H,25,28)/b18-10+. The molecule has 0 bridgehead atoms. The Bertz CT molecular complexity index is 1060. The van der Waals surface area contributed by atoms with Crippen LogP contribution in [0.1, 0.15) is 30.0 Å². The van der Waals surface area contributed by atoms with Gasteiger partial charge in [0.2, 0.25) is 0 Å². The first kappa shape index (κ1) is 21.2. The number of rotatable bonds is 7. The summed E-state index contributed by atoms with van der Waals surface area (Å²) in [7, 11) is 1.48. The number of hydrogen-bond donors (Lipinski definition) is 1. The molecule has 1 aliphatic rings. The molecule has 154 valence electrons. The molecule has 2 aromatic carbocycles. The lowest BCUT2D eigenvalue weighted by atomic mass is 10.1. The number of benzene rings is 2. The van der Waals surface area contributed by atoms with Gasteiger partial charge in [-0.3, -0.25) is 9.69 Å². The molecule has 3 rings (SSSR count). The first-order chi connectivity index (χ1) is 14.5. The van der Waals surface area contributed by atoms with Crippen LogP contribution in [0.5, 0.6) is 11.5 Å². The van der Waals surface area contributed by atoms with E-state index in [1.165, 1.54) is 7.11 Å². The van der Waals surface area contributed by atoms with Gasteiger partial charge in [-0.05, 0) is 36.3 Å². The van der Waals surface area contributed by atoms with E-state index in [2.05, 4.69) is 11.4 Å². The Morgan fingerprint density at radius 3 is 2.73 bits per heavy atom. The number of carbonyl (C=O) groups is 2. The van der Waals surface area contributed by atoms with E-state index in [-0.39, 0.29) is 23.2 Å². The molecule has 0 spiro atoms. The van der Waals surface area contributed by atoms with Crippen LogP contribution in [0.3, 0.4) is 0 Å². The normalized spacial score (nSPS) is 14.6. The molecular weight excluding hydrogens is 406 g/mol. The number of urea groups is 1. The topological polar surface area (TPSA) is 91.7 Å². The lowest BCUT2D eigenvalue weighted by molar-refractivity contribution is -0.122. The third-order valence-corrected chi connectivity index (χ3v) is 4.76. The van der Waals surface area contributed by atoms with Crippen LogP contribution in [-0.4, -0.2) is 30.5 Å². The highest BCUT2D eigenvalue weighted by Crippen LogP contribution is 2.37. The minimum Gasteiger partial charge on any atom is -0.493 e. The largest absolute Gasteiger partial charge is 0.493 e. The smallest absolute Gasteiger partial charge is 0.329 e. The molecule has 1 aliphatic heterocycles. The van der Waals surface area contributed by atoms with E-state index in [4.69, 9.17) is 21.1 Å². The molecule has 0 atom stereocenters. The van der Waals surface area contributed by atoms with Crippen molar-refractivity contribution in [3.05, 3.63) is 63.8 Å². The Balaban J connectivity index is 1.85. The summed E-state index contributed by atoms with van der Waals surface area (Å²) in [5.41, 5.74) is 1.98. The van der Waals surface area contributed by atoms with Gasteiger partial charge in [-0.1, -0.05) is 36.7 Å². The van der Waals surface area contributed by atoms with Crippen LogP contribution in [0.4, 0.5) is 4.79 Å². The van der Waals surface area contributed by atoms with Crippen molar-refractivity contribution >= 4 is 29.6 Å². The van der Waals surface area contributed by atoms with Crippen LogP contribution in [0.25, 0.3) is 6.08 Å². The molecule has 2 aromatic rings. The fourth-order valence-corrected chi connectivity index (χ4v) is 3.31. The summed E-state index contributed by atoms with van der Waals surface area (Å²) in [6.45, 7) is 2.38.